The molecule has 4 rings (SSSR count). The third kappa shape index (κ3) is 5.50. The lowest BCUT2D eigenvalue weighted by Crippen LogP contribution is -2.60. The van der Waals surface area contributed by atoms with Crippen molar-refractivity contribution in [3.05, 3.63) is 35.1 Å². The lowest BCUT2D eigenvalue weighted by atomic mass is 9.83. The number of aliphatic hydroxyl groups excluding tert-OH is 4. The van der Waals surface area contributed by atoms with E-state index in [4.69, 9.17) is 24.1 Å². The Morgan fingerprint density at radius 3 is 2.21 bits per heavy atom. The number of carbonyl (C=O) groups is 3. The maximum absolute atomic E-state index is 12.6. The van der Waals surface area contributed by atoms with Gasteiger partial charge in [-0.25, -0.2) is 14.4 Å². The Morgan fingerprint density at radius 2 is 1.56 bits per heavy atom. The molecule has 1 aromatic rings. The van der Waals surface area contributed by atoms with E-state index >= 15 is 0 Å². The van der Waals surface area contributed by atoms with Crippen molar-refractivity contribution in [2.45, 2.75) is 49.8 Å². The smallest absolute Gasteiger partial charge is 0.342 e. The number of carboxylic acid groups (broad SMARTS) is 2. The van der Waals surface area contributed by atoms with Crippen molar-refractivity contribution in [3.63, 3.8) is 0 Å². The summed E-state index contributed by atoms with van der Waals surface area (Å²) in [6.45, 7) is -1.01. The van der Waals surface area contributed by atoms with Gasteiger partial charge in [0.15, 0.2) is 6.29 Å². The van der Waals surface area contributed by atoms with Crippen molar-refractivity contribution in [3.8, 4) is 11.5 Å². The van der Waals surface area contributed by atoms with Crippen molar-refractivity contribution < 1.29 is 74.2 Å². The number of aromatic hydroxyl groups is 2. The van der Waals surface area contributed by atoms with Crippen LogP contribution >= 0.6 is 0 Å². The second-order valence-corrected chi connectivity index (χ2v) is 9.53. The number of aliphatic hydroxyl groups is 4. The number of aliphatic carboxylic acids is 1. The number of benzene rings is 1. The van der Waals surface area contributed by atoms with Gasteiger partial charge in [0.05, 0.1) is 25.0 Å². The number of phenolic OH excluding ortho intramolecular Hbond substituents is 1. The Kier molecular flexibility index (Phi) is 8.29. The highest BCUT2D eigenvalue weighted by Gasteiger charge is 2.52. The van der Waals surface area contributed by atoms with Crippen LogP contribution in [-0.4, -0.2) is 109 Å². The average molecular weight is 556 g/mol. The van der Waals surface area contributed by atoms with Crippen LogP contribution in [0.1, 0.15) is 33.6 Å². The number of aromatic carboxylic acids is 1. The van der Waals surface area contributed by atoms with Crippen LogP contribution in [0.4, 0.5) is 0 Å². The van der Waals surface area contributed by atoms with Gasteiger partial charge < -0.3 is 59.8 Å². The Hall–Kier alpha value is -3.47. The van der Waals surface area contributed by atoms with Crippen LogP contribution in [-0.2, 0) is 23.7 Å². The second-order valence-electron chi connectivity index (χ2n) is 9.53. The molecule has 3 aliphatic rings. The fourth-order valence-electron chi connectivity index (χ4n) is 5.21. The molecule has 8 N–H and O–H groups in total. The van der Waals surface area contributed by atoms with Crippen molar-refractivity contribution in [2.24, 2.45) is 17.8 Å². The first kappa shape index (κ1) is 28.5. The zero-order chi connectivity index (χ0) is 28.6. The highest BCUT2D eigenvalue weighted by atomic mass is 16.8. The van der Waals surface area contributed by atoms with E-state index in [0.717, 1.165) is 12.3 Å². The van der Waals surface area contributed by atoms with Crippen LogP contribution in [0, 0.1) is 17.8 Å². The monoisotopic (exact) mass is 556 g/mol. The van der Waals surface area contributed by atoms with Gasteiger partial charge in [-0.15, -0.1) is 0 Å². The first-order valence-electron chi connectivity index (χ1n) is 12.0. The largest absolute Gasteiger partial charge is 0.507 e. The molecule has 2 aliphatic heterocycles. The SMILES string of the molecule is O=C(O)C1=CO[C@@H](O[C@@H]2O[C@H](CO)[C@@H](O)[C@H](O)[C@H]2O)[C@@H]2[C@@H](COC(=O)c3cc(O)c(C(=O)O)cc3O)CC[C@H]12. The van der Waals surface area contributed by atoms with E-state index in [-0.39, 0.29) is 12.2 Å². The molecule has 214 valence electrons. The number of carboxylic acids is 2. The quantitative estimate of drug-likeness (QED) is 0.137. The molecular weight excluding hydrogens is 528 g/mol. The van der Waals surface area contributed by atoms with Crippen molar-refractivity contribution in [2.75, 3.05) is 13.2 Å². The maximum Gasteiger partial charge on any atom is 0.342 e. The molecule has 15 nitrogen and oxygen atoms in total. The number of hydrogen-bond donors (Lipinski definition) is 8. The molecule has 2 heterocycles. The van der Waals surface area contributed by atoms with Gasteiger partial charge >= 0.3 is 17.9 Å². The number of ether oxygens (including phenoxy) is 4. The molecule has 1 saturated heterocycles. The normalized spacial score (nSPS) is 33.9. The predicted molar refractivity (Wildman–Crippen MR) is 122 cm³/mol. The number of rotatable bonds is 8. The van der Waals surface area contributed by atoms with Gasteiger partial charge in [0, 0.05) is 17.8 Å². The Balaban J connectivity index is 1.51. The zero-order valence-electron chi connectivity index (χ0n) is 20.2. The predicted octanol–water partition coefficient (Wildman–Crippen LogP) is -1.26. The molecule has 15 heteroatoms. The molecule has 1 aromatic carbocycles. The minimum absolute atomic E-state index is 0.0608. The summed E-state index contributed by atoms with van der Waals surface area (Å²) in [7, 11) is 0. The lowest BCUT2D eigenvalue weighted by molar-refractivity contribution is -0.342. The topological polar surface area (TPSA) is 250 Å². The van der Waals surface area contributed by atoms with Crippen molar-refractivity contribution >= 4 is 17.9 Å². The van der Waals surface area contributed by atoms with Crippen LogP contribution in [0.5, 0.6) is 11.5 Å². The summed E-state index contributed by atoms with van der Waals surface area (Å²) in [6.07, 6.45) is -7.48. The molecule has 9 atom stereocenters. The number of esters is 1. The summed E-state index contributed by atoms with van der Waals surface area (Å²) in [6, 6.07) is 1.45. The van der Waals surface area contributed by atoms with Gasteiger partial charge in [-0.1, -0.05) is 0 Å². The Labute approximate surface area is 220 Å². The summed E-state index contributed by atoms with van der Waals surface area (Å²) < 4.78 is 21.9. The Morgan fingerprint density at radius 1 is 0.897 bits per heavy atom. The minimum Gasteiger partial charge on any atom is -0.507 e. The van der Waals surface area contributed by atoms with Crippen LogP contribution in [0.25, 0.3) is 0 Å². The highest BCUT2D eigenvalue weighted by Crippen LogP contribution is 2.47. The van der Waals surface area contributed by atoms with Crippen LogP contribution in [0.2, 0.25) is 0 Å². The average Bonchev–Trinajstić information content (AvgIpc) is 3.32. The lowest BCUT2D eigenvalue weighted by Gasteiger charge is -2.43. The van der Waals surface area contributed by atoms with Gasteiger partial charge in [0.2, 0.25) is 6.29 Å². The first-order valence-corrected chi connectivity index (χ1v) is 12.0. The maximum atomic E-state index is 12.6. The Bertz CT molecular complexity index is 1150. The molecule has 1 aliphatic carbocycles. The van der Waals surface area contributed by atoms with Crippen LogP contribution in [0.3, 0.4) is 0 Å². The zero-order valence-corrected chi connectivity index (χ0v) is 20.2. The molecule has 0 amide bonds. The summed E-state index contributed by atoms with van der Waals surface area (Å²) >= 11 is 0. The number of carbonyl (C=O) groups excluding carboxylic acids is 1. The fourth-order valence-corrected chi connectivity index (χ4v) is 5.21. The summed E-state index contributed by atoms with van der Waals surface area (Å²) in [5.41, 5.74) is -1.18. The minimum atomic E-state index is -1.74. The summed E-state index contributed by atoms with van der Waals surface area (Å²) in [5, 5.41) is 78.4. The van der Waals surface area contributed by atoms with Gasteiger partial charge in [-0.3, -0.25) is 0 Å². The molecule has 0 unspecified atom stereocenters. The van der Waals surface area contributed by atoms with E-state index in [1.54, 1.807) is 0 Å². The molecule has 0 aromatic heterocycles. The van der Waals surface area contributed by atoms with E-state index in [9.17, 15) is 50.1 Å². The van der Waals surface area contributed by atoms with Crippen LogP contribution < -0.4 is 0 Å². The molecule has 0 radical (unpaired) electrons. The number of hydrogen-bond acceptors (Lipinski definition) is 13. The van der Waals surface area contributed by atoms with E-state index < -0.39 is 102 Å². The molecule has 0 bridgehead atoms. The van der Waals surface area contributed by atoms with E-state index in [1.807, 2.05) is 0 Å². The summed E-state index contributed by atoms with van der Waals surface area (Å²) in [5.74, 6) is -7.29. The van der Waals surface area contributed by atoms with Crippen molar-refractivity contribution in [1.29, 1.82) is 0 Å². The van der Waals surface area contributed by atoms with E-state index in [2.05, 4.69) is 0 Å². The van der Waals surface area contributed by atoms with Crippen molar-refractivity contribution in [1.82, 2.24) is 0 Å². The summed E-state index contributed by atoms with van der Waals surface area (Å²) in [4.78, 5) is 35.5. The molecule has 1 saturated carbocycles. The van der Waals surface area contributed by atoms with E-state index in [0.29, 0.717) is 18.9 Å². The van der Waals surface area contributed by atoms with Gasteiger partial charge in [-0.2, -0.15) is 0 Å². The number of fused-ring (bicyclic) bond motifs is 1. The standard InChI is InChI=1S/C24H28O15/c25-5-15-17(28)18(29)19(30)24(38-15)39-23-16-8(1-2-9(16)12(7-37-23)21(33)34)6-36-22(35)11-4-13(26)10(20(31)32)3-14(11)27/h3-4,7-9,15-19,23-30H,1-2,5-6H2,(H,31,32)(H,33,34)/t8-,9-,15-,16-,17-,18+,19-,23+,24+/m1/s1. The molecule has 0 spiro atoms. The molecular formula is C24H28O15. The molecule has 2 fully saturated rings. The molecule has 39 heavy (non-hydrogen) atoms. The fraction of sp³-hybridized carbons (Fsp3) is 0.542. The van der Waals surface area contributed by atoms with Crippen LogP contribution in [0.15, 0.2) is 24.0 Å². The number of phenols is 2. The van der Waals surface area contributed by atoms with E-state index in [1.165, 1.54) is 0 Å². The highest BCUT2D eigenvalue weighted by molar-refractivity contribution is 5.97. The van der Waals surface area contributed by atoms with Gasteiger partial charge in [0.25, 0.3) is 0 Å². The van der Waals surface area contributed by atoms with Gasteiger partial charge in [-0.05, 0) is 25.0 Å². The third-order valence-electron chi connectivity index (χ3n) is 7.26. The third-order valence-corrected chi connectivity index (χ3v) is 7.26. The van der Waals surface area contributed by atoms with Gasteiger partial charge in [0.1, 0.15) is 47.0 Å². The second kappa shape index (κ2) is 11.3. The first-order chi connectivity index (χ1) is 18.4.